The molecule has 29 heavy (non-hydrogen) atoms. The van der Waals surface area contributed by atoms with Gasteiger partial charge in [-0.1, -0.05) is 36.4 Å². The van der Waals surface area contributed by atoms with Crippen molar-refractivity contribution in [1.82, 2.24) is 0 Å². The fourth-order valence-corrected chi connectivity index (χ4v) is 3.55. The van der Waals surface area contributed by atoms with E-state index in [9.17, 15) is 19.6 Å². The molecule has 0 aliphatic carbocycles. The number of carbonyl (C=O) groups is 1. The van der Waals surface area contributed by atoms with Crippen molar-refractivity contribution in [3.63, 3.8) is 0 Å². The Kier molecular flexibility index (Phi) is 5.41. The highest BCUT2D eigenvalue weighted by Crippen LogP contribution is 2.41. The van der Waals surface area contributed by atoms with E-state index < -0.39 is 23.5 Å². The Morgan fingerprint density at radius 2 is 1.86 bits per heavy atom. The van der Waals surface area contributed by atoms with Crippen LogP contribution in [0.1, 0.15) is 43.6 Å². The molecule has 0 radical (unpaired) electrons. The van der Waals surface area contributed by atoms with Gasteiger partial charge in [0.05, 0.1) is 17.2 Å². The van der Waals surface area contributed by atoms with Crippen molar-refractivity contribution in [2.45, 2.75) is 39.4 Å². The third-order valence-corrected chi connectivity index (χ3v) is 4.63. The van der Waals surface area contributed by atoms with Crippen molar-refractivity contribution in [2.24, 2.45) is 0 Å². The third-order valence-electron chi connectivity index (χ3n) is 4.63. The summed E-state index contributed by atoms with van der Waals surface area (Å²) in [6, 6.07) is 15.4. The van der Waals surface area contributed by atoms with Gasteiger partial charge in [0.25, 0.3) is 0 Å². The lowest BCUT2D eigenvalue weighted by molar-refractivity contribution is -0.160. The van der Waals surface area contributed by atoms with Crippen molar-refractivity contribution >= 4 is 16.7 Å². The van der Waals surface area contributed by atoms with E-state index in [2.05, 4.69) is 0 Å². The van der Waals surface area contributed by atoms with Crippen molar-refractivity contribution in [2.75, 3.05) is 0 Å². The summed E-state index contributed by atoms with van der Waals surface area (Å²) in [5.74, 6) is -1.65. The number of nitrogens with zero attached hydrogens (tertiary/aromatic N) is 1. The van der Waals surface area contributed by atoms with Gasteiger partial charge in [0, 0.05) is 11.1 Å². The molecule has 0 spiro atoms. The number of rotatable bonds is 4. The Labute approximate surface area is 169 Å². The largest absolute Gasteiger partial charge is 0.479 e. The summed E-state index contributed by atoms with van der Waals surface area (Å²) in [5, 5.41) is 21.3. The number of carboxylic acid groups (broad SMARTS) is 1. The van der Waals surface area contributed by atoms with Gasteiger partial charge in [-0.25, -0.2) is 9.18 Å². The molecule has 0 saturated carbocycles. The highest BCUT2D eigenvalue weighted by atomic mass is 19.1. The van der Waals surface area contributed by atoms with E-state index in [-0.39, 0.29) is 5.56 Å². The maximum Gasteiger partial charge on any atom is 0.337 e. The number of fused-ring (bicyclic) bond motifs is 1. The first-order valence-corrected chi connectivity index (χ1v) is 9.25. The lowest BCUT2D eigenvalue weighted by Gasteiger charge is -2.28. The molecule has 0 aliphatic heterocycles. The Hall–Kier alpha value is -3.23. The predicted molar refractivity (Wildman–Crippen MR) is 110 cm³/mol. The van der Waals surface area contributed by atoms with Gasteiger partial charge < -0.3 is 9.84 Å². The zero-order valence-electron chi connectivity index (χ0n) is 16.8. The van der Waals surface area contributed by atoms with Crippen LogP contribution in [0.15, 0.2) is 48.5 Å². The Morgan fingerprint density at radius 1 is 1.17 bits per heavy atom. The van der Waals surface area contributed by atoms with Crippen LogP contribution in [0.4, 0.5) is 4.39 Å². The first-order valence-electron chi connectivity index (χ1n) is 9.25. The average molecular weight is 391 g/mol. The van der Waals surface area contributed by atoms with Gasteiger partial charge in [0.1, 0.15) is 5.82 Å². The van der Waals surface area contributed by atoms with Crippen LogP contribution in [0.3, 0.4) is 0 Å². The lowest BCUT2D eigenvalue weighted by atomic mass is 9.85. The number of hydrogen-bond acceptors (Lipinski definition) is 3. The molecule has 0 aliphatic rings. The van der Waals surface area contributed by atoms with E-state index in [0.29, 0.717) is 16.7 Å². The zero-order chi connectivity index (χ0) is 21.3. The maximum absolute atomic E-state index is 13.8. The Morgan fingerprint density at radius 3 is 2.48 bits per heavy atom. The smallest absolute Gasteiger partial charge is 0.337 e. The Bertz CT molecular complexity index is 1140. The highest BCUT2D eigenvalue weighted by Gasteiger charge is 2.32. The predicted octanol–water partition coefficient (Wildman–Crippen LogP) is 5.77. The van der Waals surface area contributed by atoms with Crippen LogP contribution in [0.5, 0.6) is 0 Å². The quantitative estimate of drug-likeness (QED) is 0.613. The molecule has 1 N–H and O–H groups in total. The summed E-state index contributed by atoms with van der Waals surface area (Å²) in [4.78, 5) is 12.2. The zero-order valence-corrected chi connectivity index (χ0v) is 16.8. The van der Waals surface area contributed by atoms with Gasteiger partial charge >= 0.3 is 5.97 Å². The number of benzene rings is 3. The van der Waals surface area contributed by atoms with Crippen LogP contribution >= 0.6 is 0 Å². The molecule has 0 amide bonds. The minimum absolute atomic E-state index is 0.141. The second-order valence-electron chi connectivity index (χ2n) is 7.95. The monoisotopic (exact) mass is 391 g/mol. The molecule has 0 fully saturated rings. The summed E-state index contributed by atoms with van der Waals surface area (Å²) < 4.78 is 19.7. The molecule has 4 nitrogen and oxygen atoms in total. The second-order valence-corrected chi connectivity index (χ2v) is 7.95. The molecule has 3 aromatic carbocycles. The molecule has 3 aromatic rings. The molecule has 0 bridgehead atoms. The first kappa shape index (κ1) is 20.5. The SMILES string of the molecule is Cc1cc2ccccc2c(-c2ccc(F)cc2C#N)c1[C@H](OC(C)(C)C)C(=O)O. The molecule has 148 valence electrons. The van der Waals surface area contributed by atoms with Gasteiger partial charge in [-0.3, -0.25) is 0 Å². The van der Waals surface area contributed by atoms with Crippen LogP contribution in [-0.2, 0) is 9.53 Å². The number of hydrogen-bond donors (Lipinski definition) is 1. The van der Waals surface area contributed by atoms with E-state index >= 15 is 0 Å². The maximum atomic E-state index is 13.8. The number of halogens is 1. The summed E-state index contributed by atoms with van der Waals surface area (Å²) in [6.45, 7) is 7.19. The topological polar surface area (TPSA) is 70.3 Å². The molecule has 0 aromatic heterocycles. The van der Waals surface area contributed by atoms with E-state index in [1.807, 2.05) is 43.3 Å². The summed E-state index contributed by atoms with van der Waals surface area (Å²) >= 11 is 0. The molecular weight excluding hydrogens is 369 g/mol. The summed E-state index contributed by atoms with van der Waals surface area (Å²) in [7, 11) is 0. The lowest BCUT2D eigenvalue weighted by Crippen LogP contribution is -2.28. The minimum atomic E-state index is -1.24. The Balaban J connectivity index is 2.46. The second kappa shape index (κ2) is 7.65. The van der Waals surface area contributed by atoms with E-state index in [1.54, 1.807) is 20.8 Å². The summed E-state index contributed by atoms with van der Waals surface area (Å²) in [6.07, 6.45) is -1.24. The molecule has 3 rings (SSSR count). The van der Waals surface area contributed by atoms with Gasteiger partial charge in [-0.2, -0.15) is 5.26 Å². The standard InChI is InChI=1S/C24H22FNO3/c1-14-11-15-7-5-6-8-18(15)21(19-10-9-17(25)12-16(19)13-26)20(14)22(23(27)28)29-24(2,3)4/h5-12,22H,1-4H3,(H,27,28)/t22-/m0/s1. The van der Waals surface area contributed by atoms with Gasteiger partial charge in [0.15, 0.2) is 6.10 Å². The highest BCUT2D eigenvalue weighted by molar-refractivity contribution is 6.01. The van der Waals surface area contributed by atoms with Crippen LogP contribution in [0.2, 0.25) is 0 Å². The van der Waals surface area contributed by atoms with Crippen LogP contribution < -0.4 is 0 Å². The fraction of sp³-hybridized carbons (Fsp3) is 0.250. The fourth-order valence-electron chi connectivity index (χ4n) is 3.55. The molecule has 0 saturated heterocycles. The molecule has 0 heterocycles. The van der Waals surface area contributed by atoms with Crippen LogP contribution in [0.25, 0.3) is 21.9 Å². The van der Waals surface area contributed by atoms with Gasteiger partial charge in [-0.05, 0) is 61.7 Å². The molecular formula is C24H22FNO3. The number of aryl methyl sites for hydroxylation is 1. The number of ether oxygens (including phenoxy) is 1. The van der Waals surface area contributed by atoms with Crippen LogP contribution in [-0.4, -0.2) is 16.7 Å². The van der Waals surface area contributed by atoms with Crippen molar-refractivity contribution in [3.05, 3.63) is 71.0 Å². The number of carboxylic acids is 1. The van der Waals surface area contributed by atoms with Crippen molar-refractivity contribution in [3.8, 4) is 17.2 Å². The van der Waals surface area contributed by atoms with Crippen molar-refractivity contribution < 1.29 is 19.0 Å². The average Bonchev–Trinajstić information content (AvgIpc) is 2.64. The number of aliphatic carboxylic acids is 1. The van der Waals surface area contributed by atoms with Crippen LogP contribution in [0, 0.1) is 24.1 Å². The minimum Gasteiger partial charge on any atom is -0.479 e. The van der Waals surface area contributed by atoms with Gasteiger partial charge in [-0.15, -0.1) is 0 Å². The molecule has 5 heteroatoms. The molecule has 0 unspecified atom stereocenters. The molecule has 1 atom stereocenters. The first-order chi connectivity index (χ1) is 13.6. The van der Waals surface area contributed by atoms with E-state index in [1.165, 1.54) is 12.1 Å². The third kappa shape index (κ3) is 4.13. The van der Waals surface area contributed by atoms with Gasteiger partial charge in [0.2, 0.25) is 0 Å². The summed E-state index contributed by atoms with van der Waals surface area (Å²) in [5.41, 5.74) is 1.68. The van der Waals surface area contributed by atoms with E-state index in [0.717, 1.165) is 22.4 Å². The normalized spacial score (nSPS) is 12.6. The number of nitriles is 1. The van der Waals surface area contributed by atoms with E-state index in [4.69, 9.17) is 4.74 Å². The van der Waals surface area contributed by atoms with Crippen molar-refractivity contribution in [1.29, 1.82) is 5.26 Å².